The monoisotopic (exact) mass is 306 g/mol. The number of ether oxygens (including phenoxy) is 1. The molecule has 0 atom stereocenters. The molecule has 3 N–H and O–H groups in total. The zero-order valence-corrected chi connectivity index (χ0v) is 12.7. The Morgan fingerprint density at radius 2 is 1.95 bits per heavy atom. The molecular formula is C17H23FN2O2. The highest BCUT2D eigenvalue weighted by atomic mass is 19.1. The van der Waals surface area contributed by atoms with Crippen LogP contribution in [0.15, 0.2) is 18.2 Å². The number of halogens is 1. The van der Waals surface area contributed by atoms with Gasteiger partial charge in [-0.3, -0.25) is 4.79 Å². The SMILES string of the molecule is NC1(C(=O)Nc2ccc(OC3CCC3)c(F)c2)CCCCC1. The number of hydrogen-bond acceptors (Lipinski definition) is 3. The fraction of sp³-hybridized carbons (Fsp3) is 0.588. The van der Waals surface area contributed by atoms with Gasteiger partial charge in [0.2, 0.25) is 5.91 Å². The summed E-state index contributed by atoms with van der Waals surface area (Å²) in [5.74, 6) is -0.415. The van der Waals surface area contributed by atoms with Crippen LogP contribution in [0, 0.1) is 5.82 Å². The number of nitrogens with one attached hydrogen (secondary N) is 1. The Hall–Kier alpha value is -1.62. The predicted octanol–water partition coefficient (Wildman–Crippen LogP) is 3.36. The highest BCUT2D eigenvalue weighted by Crippen LogP contribution is 2.30. The summed E-state index contributed by atoms with van der Waals surface area (Å²) in [5, 5.41) is 2.74. The number of anilines is 1. The van der Waals surface area contributed by atoms with Gasteiger partial charge in [-0.05, 0) is 44.2 Å². The second-order valence-corrected chi connectivity index (χ2v) is 6.49. The van der Waals surface area contributed by atoms with Crippen molar-refractivity contribution < 1.29 is 13.9 Å². The van der Waals surface area contributed by atoms with Gasteiger partial charge in [-0.2, -0.15) is 0 Å². The predicted molar refractivity (Wildman–Crippen MR) is 83.3 cm³/mol. The number of amides is 1. The van der Waals surface area contributed by atoms with E-state index in [9.17, 15) is 9.18 Å². The van der Waals surface area contributed by atoms with E-state index in [1.807, 2.05) is 0 Å². The summed E-state index contributed by atoms with van der Waals surface area (Å²) in [4.78, 5) is 12.3. The molecule has 1 amide bonds. The van der Waals surface area contributed by atoms with Crippen molar-refractivity contribution in [2.24, 2.45) is 5.73 Å². The normalized spacial score (nSPS) is 21.0. The fourth-order valence-electron chi connectivity index (χ4n) is 3.01. The summed E-state index contributed by atoms with van der Waals surface area (Å²) in [6.07, 6.45) is 7.64. The maximum Gasteiger partial charge on any atom is 0.244 e. The van der Waals surface area contributed by atoms with Gasteiger partial charge >= 0.3 is 0 Å². The third kappa shape index (κ3) is 3.24. The maximum absolute atomic E-state index is 14.1. The molecule has 0 aliphatic heterocycles. The number of carbonyl (C=O) groups excluding carboxylic acids is 1. The van der Waals surface area contributed by atoms with Crippen molar-refractivity contribution in [1.29, 1.82) is 0 Å². The molecule has 1 aromatic carbocycles. The van der Waals surface area contributed by atoms with Gasteiger partial charge in [0.1, 0.15) is 0 Å². The first-order valence-corrected chi connectivity index (χ1v) is 8.13. The molecule has 2 aliphatic rings. The highest BCUT2D eigenvalue weighted by Gasteiger charge is 2.35. The van der Waals surface area contributed by atoms with E-state index >= 15 is 0 Å². The van der Waals surface area contributed by atoms with E-state index in [4.69, 9.17) is 10.5 Å². The Morgan fingerprint density at radius 1 is 1.23 bits per heavy atom. The van der Waals surface area contributed by atoms with Crippen LogP contribution in [0.1, 0.15) is 51.4 Å². The molecule has 2 aliphatic carbocycles. The van der Waals surface area contributed by atoms with E-state index in [2.05, 4.69) is 5.32 Å². The molecule has 22 heavy (non-hydrogen) atoms. The number of nitrogens with two attached hydrogens (primary N) is 1. The maximum atomic E-state index is 14.1. The van der Waals surface area contributed by atoms with E-state index in [-0.39, 0.29) is 17.8 Å². The Morgan fingerprint density at radius 3 is 2.55 bits per heavy atom. The standard InChI is InChI=1S/C17H23FN2O2/c18-14-11-12(7-8-15(14)22-13-5-4-6-13)20-16(21)17(19)9-2-1-3-10-17/h7-8,11,13H,1-6,9-10,19H2,(H,20,21). The minimum absolute atomic E-state index is 0.129. The molecule has 4 nitrogen and oxygen atoms in total. The number of rotatable bonds is 4. The molecule has 0 aromatic heterocycles. The van der Waals surface area contributed by atoms with E-state index < -0.39 is 11.4 Å². The summed E-state index contributed by atoms with van der Waals surface area (Å²) in [7, 11) is 0. The van der Waals surface area contributed by atoms with Crippen LogP contribution in [0.4, 0.5) is 10.1 Å². The van der Waals surface area contributed by atoms with Crippen molar-refractivity contribution in [3.63, 3.8) is 0 Å². The Balaban J connectivity index is 1.64. The van der Waals surface area contributed by atoms with Crippen LogP contribution in [-0.4, -0.2) is 17.6 Å². The highest BCUT2D eigenvalue weighted by molar-refractivity contribution is 5.98. The van der Waals surface area contributed by atoms with Crippen molar-refractivity contribution in [2.75, 3.05) is 5.32 Å². The van der Waals surface area contributed by atoms with Crippen molar-refractivity contribution in [1.82, 2.24) is 0 Å². The average molecular weight is 306 g/mol. The Labute approximate surface area is 130 Å². The van der Waals surface area contributed by atoms with Gasteiger partial charge < -0.3 is 15.8 Å². The quantitative estimate of drug-likeness (QED) is 0.896. The molecule has 0 unspecified atom stereocenters. The minimum atomic E-state index is -0.824. The first-order chi connectivity index (χ1) is 10.6. The second-order valence-electron chi connectivity index (χ2n) is 6.49. The fourth-order valence-corrected chi connectivity index (χ4v) is 3.01. The van der Waals surface area contributed by atoms with Gasteiger partial charge in [-0.15, -0.1) is 0 Å². The van der Waals surface area contributed by atoms with Crippen molar-refractivity contribution in [2.45, 2.75) is 63.0 Å². The number of carbonyl (C=O) groups is 1. The molecule has 2 saturated carbocycles. The van der Waals surface area contributed by atoms with Gasteiger partial charge in [0.05, 0.1) is 11.6 Å². The minimum Gasteiger partial charge on any atom is -0.487 e. The van der Waals surface area contributed by atoms with Gasteiger partial charge in [-0.25, -0.2) is 4.39 Å². The van der Waals surface area contributed by atoms with Gasteiger partial charge in [0.25, 0.3) is 0 Å². The Bertz CT molecular complexity index is 552. The molecule has 1 aromatic rings. The van der Waals surface area contributed by atoms with Crippen molar-refractivity contribution in [3.05, 3.63) is 24.0 Å². The van der Waals surface area contributed by atoms with Crippen LogP contribution >= 0.6 is 0 Å². The molecule has 5 heteroatoms. The van der Waals surface area contributed by atoms with Crippen molar-refractivity contribution >= 4 is 11.6 Å². The average Bonchev–Trinajstić information content (AvgIpc) is 2.45. The summed E-state index contributed by atoms with van der Waals surface area (Å²) in [6, 6.07) is 4.55. The topological polar surface area (TPSA) is 64.4 Å². The smallest absolute Gasteiger partial charge is 0.244 e. The molecule has 0 radical (unpaired) electrons. The molecule has 3 rings (SSSR count). The molecular weight excluding hydrogens is 283 g/mol. The summed E-state index contributed by atoms with van der Waals surface area (Å²) < 4.78 is 19.6. The lowest BCUT2D eigenvalue weighted by Gasteiger charge is -2.31. The summed E-state index contributed by atoms with van der Waals surface area (Å²) >= 11 is 0. The van der Waals surface area contributed by atoms with Crippen LogP contribution in [0.25, 0.3) is 0 Å². The van der Waals surface area contributed by atoms with Crippen molar-refractivity contribution in [3.8, 4) is 5.75 Å². The molecule has 120 valence electrons. The summed E-state index contributed by atoms with van der Waals surface area (Å²) in [6.45, 7) is 0. The van der Waals surface area contributed by atoms with Gasteiger partial charge in [-0.1, -0.05) is 19.3 Å². The lowest BCUT2D eigenvalue weighted by atomic mass is 9.82. The number of benzene rings is 1. The second kappa shape index (κ2) is 6.24. The first-order valence-electron chi connectivity index (χ1n) is 8.13. The van der Waals surface area contributed by atoms with Gasteiger partial charge in [0.15, 0.2) is 11.6 Å². The van der Waals surface area contributed by atoms with E-state index in [0.29, 0.717) is 18.5 Å². The van der Waals surface area contributed by atoms with Crippen LogP contribution in [0.2, 0.25) is 0 Å². The Kier molecular flexibility index (Phi) is 4.34. The molecule has 0 heterocycles. The van der Waals surface area contributed by atoms with Crippen LogP contribution in [0.3, 0.4) is 0 Å². The van der Waals surface area contributed by atoms with E-state index in [1.54, 1.807) is 12.1 Å². The van der Waals surface area contributed by atoms with E-state index in [0.717, 1.165) is 38.5 Å². The largest absolute Gasteiger partial charge is 0.487 e. The zero-order valence-electron chi connectivity index (χ0n) is 12.7. The van der Waals surface area contributed by atoms with Crippen LogP contribution in [-0.2, 0) is 4.79 Å². The van der Waals surface area contributed by atoms with Crippen LogP contribution in [0.5, 0.6) is 5.75 Å². The summed E-state index contributed by atoms with van der Waals surface area (Å²) in [5.41, 5.74) is 5.79. The molecule has 0 saturated heterocycles. The van der Waals surface area contributed by atoms with Crippen LogP contribution < -0.4 is 15.8 Å². The third-order valence-corrected chi connectivity index (χ3v) is 4.73. The first kappa shape index (κ1) is 15.3. The zero-order chi connectivity index (χ0) is 15.6. The lowest BCUT2D eigenvalue weighted by molar-refractivity contribution is -0.122. The molecule has 0 spiro atoms. The van der Waals surface area contributed by atoms with Gasteiger partial charge in [0, 0.05) is 11.8 Å². The van der Waals surface area contributed by atoms with E-state index in [1.165, 1.54) is 6.07 Å². The number of hydrogen-bond donors (Lipinski definition) is 2. The molecule has 0 bridgehead atoms. The lowest BCUT2D eigenvalue weighted by Crippen LogP contribution is -2.52. The molecule has 2 fully saturated rings. The third-order valence-electron chi connectivity index (χ3n) is 4.73.